The van der Waals surface area contributed by atoms with Gasteiger partial charge in [-0.25, -0.2) is 18.1 Å². The second kappa shape index (κ2) is 5.01. The lowest BCUT2D eigenvalue weighted by Gasteiger charge is -2.21. The largest absolute Gasteiger partial charge is 0.299 e. The normalized spacial score (nSPS) is 27.6. The topological polar surface area (TPSA) is 62.3 Å². The van der Waals surface area contributed by atoms with Crippen molar-refractivity contribution in [2.75, 3.05) is 13.1 Å². The van der Waals surface area contributed by atoms with Crippen LogP contribution in [0.4, 0.5) is 0 Å². The number of fused-ring (bicyclic) bond motifs is 1. The van der Waals surface area contributed by atoms with Gasteiger partial charge in [0.15, 0.2) is 0 Å². The number of nitrogens with one attached hydrogen (secondary N) is 1. The van der Waals surface area contributed by atoms with Gasteiger partial charge < -0.3 is 0 Å². The summed E-state index contributed by atoms with van der Waals surface area (Å²) in [6.07, 6.45) is 4.56. The fraction of sp³-hybridized carbons (Fsp3) is 0.583. The van der Waals surface area contributed by atoms with E-state index < -0.39 is 10.0 Å². The predicted octanol–water partition coefficient (Wildman–Crippen LogP) is 1.25. The van der Waals surface area contributed by atoms with E-state index in [1.165, 1.54) is 12.3 Å². The van der Waals surface area contributed by atoms with Crippen molar-refractivity contribution in [1.82, 2.24) is 14.6 Å². The Labute approximate surface area is 118 Å². The van der Waals surface area contributed by atoms with E-state index in [4.69, 9.17) is 11.6 Å². The molecule has 0 aromatic carbocycles. The van der Waals surface area contributed by atoms with E-state index in [-0.39, 0.29) is 16.1 Å². The van der Waals surface area contributed by atoms with Crippen LogP contribution in [0, 0.1) is 0 Å². The summed E-state index contributed by atoms with van der Waals surface area (Å²) in [5.74, 6) is 0. The zero-order valence-electron chi connectivity index (χ0n) is 10.4. The molecule has 19 heavy (non-hydrogen) atoms. The molecule has 2 aliphatic heterocycles. The average molecular weight is 302 g/mol. The van der Waals surface area contributed by atoms with Gasteiger partial charge in [0.25, 0.3) is 0 Å². The maximum atomic E-state index is 12.3. The van der Waals surface area contributed by atoms with Crippen LogP contribution < -0.4 is 4.72 Å². The molecule has 2 unspecified atom stereocenters. The number of rotatable bonds is 3. The van der Waals surface area contributed by atoms with Crippen LogP contribution in [-0.2, 0) is 10.0 Å². The van der Waals surface area contributed by atoms with Crippen molar-refractivity contribution >= 4 is 21.6 Å². The maximum absolute atomic E-state index is 12.3. The van der Waals surface area contributed by atoms with Gasteiger partial charge in [-0.05, 0) is 37.9 Å². The highest BCUT2D eigenvalue weighted by Crippen LogP contribution is 2.29. The van der Waals surface area contributed by atoms with E-state index in [1.807, 2.05) is 0 Å². The Hall–Kier alpha value is -0.690. The Morgan fingerprint density at radius 2 is 2.21 bits per heavy atom. The van der Waals surface area contributed by atoms with Crippen molar-refractivity contribution in [2.24, 2.45) is 0 Å². The maximum Gasteiger partial charge on any atom is 0.243 e. The minimum absolute atomic E-state index is 0.0104. The van der Waals surface area contributed by atoms with Gasteiger partial charge in [-0.2, -0.15) is 0 Å². The van der Waals surface area contributed by atoms with E-state index in [9.17, 15) is 8.42 Å². The van der Waals surface area contributed by atoms with Gasteiger partial charge in [0.2, 0.25) is 10.0 Å². The summed E-state index contributed by atoms with van der Waals surface area (Å²) in [6, 6.07) is 3.39. The van der Waals surface area contributed by atoms with Gasteiger partial charge in [0.05, 0.1) is 0 Å². The van der Waals surface area contributed by atoms with Crippen LogP contribution in [-0.4, -0.2) is 43.5 Å². The van der Waals surface area contributed by atoms with E-state index in [1.54, 1.807) is 6.07 Å². The molecule has 7 heteroatoms. The van der Waals surface area contributed by atoms with E-state index in [0.29, 0.717) is 6.04 Å². The number of hydrogen-bond donors (Lipinski definition) is 1. The van der Waals surface area contributed by atoms with Crippen molar-refractivity contribution in [3.63, 3.8) is 0 Å². The van der Waals surface area contributed by atoms with Gasteiger partial charge in [-0.1, -0.05) is 11.6 Å². The second-order valence-electron chi connectivity index (χ2n) is 5.05. The van der Waals surface area contributed by atoms with Crippen LogP contribution in [0.25, 0.3) is 0 Å². The van der Waals surface area contributed by atoms with Crippen LogP contribution in [0.2, 0.25) is 5.15 Å². The third kappa shape index (κ3) is 2.50. The number of aromatic nitrogens is 1. The van der Waals surface area contributed by atoms with Crippen LogP contribution in [0.5, 0.6) is 0 Å². The third-order valence-corrected chi connectivity index (χ3v) is 5.86. The summed E-state index contributed by atoms with van der Waals surface area (Å²) in [5, 5.41) is 0.0243. The molecule has 0 aliphatic carbocycles. The van der Waals surface area contributed by atoms with Gasteiger partial charge in [-0.15, -0.1) is 0 Å². The van der Waals surface area contributed by atoms with Gasteiger partial charge in [0.1, 0.15) is 10.0 Å². The highest BCUT2D eigenvalue weighted by Gasteiger charge is 2.39. The SMILES string of the molecule is O=S(=O)(NC1CCN2CCCC12)c1cccnc1Cl. The van der Waals surface area contributed by atoms with E-state index in [2.05, 4.69) is 14.6 Å². The molecule has 3 heterocycles. The number of pyridine rings is 1. The number of nitrogens with zero attached hydrogens (tertiary/aromatic N) is 2. The number of sulfonamides is 1. The van der Waals surface area contributed by atoms with Crippen LogP contribution in [0.1, 0.15) is 19.3 Å². The Morgan fingerprint density at radius 3 is 3.00 bits per heavy atom. The fourth-order valence-corrected chi connectivity index (χ4v) is 4.81. The lowest BCUT2D eigenvalue weighted by Crippen LogP contribution is -2.42. The molecule has 2 atom stereocenters. The minimum atomic E-state index is -3.58. The Balaban J connectivity index is 1.81. The molecule has 0 saturated carbocycles. The third-order valence-electron chi connectivity index (χ3n) is 3.93. The molecule has 0 radical (unpaired) electrons. The van der Waals surface area contributed by atoms with Crippen LogP contribution in [0.15, 0.2) is 23.2 Å². The monoisotopic (exact) mass is 301 g/mol. The molecule has 2 fully saturated rings. The Bertz CT molecular complexity index is 578. The summed E-state index contributed by atoms with van der Waals surface area (Å²) in [7, 11) is -3.58. The zero-order chi connectivity index (χ0) is 13.5. The molecular formula is C12H16ClN3O2S. The first kappa shape index (κ1) is 13.3. The summed E-state index contributed by atoms with van der Waals surface area (Å²) < 4.78 is 27.5. The molecule has 2 saturated heterocycles. The smallest absolute Gasteiger partial charge is 0.243 e. The molecule has 0 bridgehead atoms. The minimum Gasteiger partial charge on any atom is -0.299 e. The summed E-state index contributed by atoms with van der Waals surface area (Å²) in [5.41, 5.74) is 0. The van der Waals surface area contributed by atoms with Gasteiger partial charge >= 0.3 is 0 Å². The highest BCUT2D eigenvalue weighted by atomic mass is 35.5. The molecule has 1 aromatic rings. The first-order chi connectivity index (χ1) is 9.08. The molecule has 3 rings (SSSR count). The van der Waals surface area contributed by atoms with Gasteiger partial charge in [-0.3, -0.25) is 4.90 Å². The Morgan fingerprint density at radius 1 is 1.37 bits per heavy atom. The predicted molar refractivity (Wildman–Crippen MR) is 72.6 cm³/mol. The van der Waals surface area contributed by atoms with Crippen LogP contribution in [0.3, 0.4) is 0 Å². The molecule has 5 nitrogen and oxygen atoms in total. The molecule has 1 N–H and O–H groups in total. The molecule has 0 amide bonds. The summed E-state index contributed by atoms with van der Waals surface area (Å²) in [4.78, 5) is 6.24. The van der Waals surface area contributed by atoms with Crippen molar-refractivity contribution in [1.29, 1.82) is 0 Å². The van der Waals surface area contributed by atoms with Gasteiger partial charge in [0, 0.05) is 24.8 Å². The molecule has 104 valence electrons. The summed E-state index contributed by atoms with van der Waals surface area (Å²) >= 11 is 5.86. The number of hydrogen-bond acceptors (Lipinski definition) is 4. The van der Waals surface area contributed by atoms with E-state index in [0.717, 1.165) is 32.4 Å². The number of halogens is 1. The zero-order valence-corrected chi connectivity index (χ0v) is 12.0. The van der Waals surface area contributed by atoms with Crippen LogP contribution >= 0.6 is 11.6 Å². The lowest BCUT2D eigenvalue weighted by atomic mass is 10.1. The van der Waals surface area contributed by atoms with Crippen molar-refractivity contribution < 1.29 is 8.42 Å². The molecule has 2 aliphatic rings. The lowest BCUT2D eigenvalue weighted by molar-refractivity contribution is 0.309. The highest BCUT2D eigenvalue weighted by molar-refractivity contribution is 7.89. The van der Waals surface area contributed by atoms with Crippen molar-refractivity contribution in [3.05, 3.63) is 23.5 Å². The van der Waals surface area contributed by atoms with Crippen molar-refractivity contribution in [3.8, 4) is 0 Å². The van der Waals surface area contributed by atoms with E-state index >= 15 is 0 Å². The molecule has 1 aromatic heterocycles. The molecule has 0 spiro atoms. The quantitative estimate of drug-likeness (QED) is 0.854. The average Bonchev–Trinajstić information content (AvgIpc) is 2.94. The first-order valence-electron chi connectivity index (χ1n) is 6.45. The summed E-state index contributed by atoms with van der Waals surface area (Å²) in [6.45, 7) is 2.05. The fourth-order valence-electron chi connectivity index (χ4n) is 3.05. The molecular weight excluding hydrogens is 286 g/mol. The van der Waals surface area contributed by atoms with Crippen molar-refractivity contribution in [2.45, 2.75) is 36.2 Å². The first-order valence-corrected chi connectivity index (χ1v) is 8.31. The standard InChI is InChI=1S/C12H16ClN3O2S/c13-12-11(4-1-6-14-12)19(17,18)15-9-5-8-16-7-2-3-10(9)16/h1,4,6,9-10,15H,2-3,5,7-8H2. The second-order valence-corrected chi connectivity index (χ2v) is 7.09. The Kier molecular flexibility index (Phi) is 3.51.